The van der Waals surface area contributed by atoms with Gasteiger partial charge in [0.05, 0.1) is 4.53 Å². The van der Waals surface area contributed by atoms with Gasteiger partial charge in [-0.25, -0.2) is 0 Å². The lowest BCUT2D eigenvalue weighted by Crippen LogP contribution is -2.35. The molecular weight excluding hydrogens is 428 g/mol. The molecule has 0 aliphatic carbocycles. The Balaban J connectivity index is 2.58. The average molecular weight is 449 g/mol. The van der Waals surface area contributed by atoms with Gasteiger partial charge in [0.1, 0.15) is 16.5 Å². The molecule has 1 amide bonds. The SMILES string of the molecule is C=CCNC(=O)C(C#N)=c1sc(=Cc2ccc(OC(F)F)cc2)c(=O)n1CCCOC. The van der Waals surface area contributed by atoms with Crippen molar-refractivity contribution in [3.63, 3.8) is 0 Å². The van der Waals surface area contributed by atoms with Crippen LogP contribution < -0.4 is 24.8 Å². The van der Waals surface area contributed by atoms with Gasteiger partial charge in [0.25, 0.3) is 11.5 Å². The molecule has 0 fully saturated rings. The van der Waals surface area contributed by atoms with Gasteiger partial charge < -0.3 is 14.8 Å². The Morgan fingerprint density at radius 3 is 2.68 bits per heavy atom. The largest absolute Gasteiger partial charge is 0.435 e. The average Bonchev–Trinajstić information content (AvgIpc) is 3.03. The highest BCUT2D eigenvalue weighted by Crippen LogP contribution is 2.15. The number of ether oxygens (including phenoxy) is 2. The van der Waals surface area contributed by atoms with Crippen molar-refractivity contribution >= 4 is 28.9 Å². The molecule has 0 spiro atoms. The summed E-state index contributed by atoms with van der Waals surface area (Å²) in [6, 6.07) is 7.65. The maximum absolute atomic E-state index is 13.0. The van der Waals surface area contributed by atoms with Crippen molar-refractivity contribution in [2.75, 3.05) is 20.3 Å². The first-order valence-electron chi connectivity index (χ1n) is 9.20. The van der Waals surface area contributed by atoms with Crippen molar-refractivity contribution in [1.82, 2.24) is 9.88 Å². The van der Waals surface area contributed by atoms with E-state index in [2.05, 4.69) is 16.6 Å². The van der Waals surface area contributed by atoms with Crippen LogP contribution in [0.5, 0.6) is 5.75 Å². The second-order valence-corrected chi connectivity index (χ2v) is 7.18. The zero-order valence-electron chi connectivity index (χ0n) is 16.8. The van der Waals surface area contributed by atoms with Gasteiger partial charge in [-0.15, -0.1) is 17.9 Å². The zero-order chi connectivity index (χ0) is 22.8. The second-order valence-electron chi connectivity index (χ2n) is 6.15. The Labute approximate surface area is 181 Å². The quantitative estimate of drug-likeness (QED) is 0.437. The lowest BCUT2D eigenvalue weighted by molar-refractivity contribution is -0.115. The summed E-state index contributed by atoms with van der Waals surface area (Å²) in [5.74, 6) is -0.612. The topological polar surface area (TPSA) is 93.4 Å². The molecule has 0 aliphatic rings. The van der Waals surface area contributed by atoms with E-state index in [1.165, 1.54) is 42.0 Å². The van der Waals surface area contributed by atoms with E-state index in [1.54, 1.807) is 6.08 Å². The fourth-order valence-corrected chi connectivity index (χ4v) is 3.75. The Morgan fingerprint density at radius 1 is 1.39 bits per heavy atom. The molecule has 31 heavy (non-hydrogen) atoms. The maximum Gasteiger partial charge on any atom is 0.387 e. The van der Waals surface area contributed by atoms with E-state index in [0.717, 1.165) is 11.3 Å². The Kier molecular flexibility index (Phi) is 9.12. The summed E-state index contributed by atoms with van der Waals surface area (Å²) in [6.45, 7) is 1.42. The van der Waals surface area contributed by atoms with Crippen LogP contribution in [0.25, 0.3) is 11.6 Å². The van der Waals surface area contributed by atoms with Crippen LogP contribution in [0.1, 0.15) is 12.0 Å². The normalized spacial score (nSPS) is 12.4. The van der Waals surface area contributed by atoms with Crippen molar-refractivity contribution in [3.05, 3.63) is 62.0 Å². The standard InChI is InChI=1S/C21H21F2N3O4S/c1-3-9-25-18(27)16(13-24)20-26(10-4-11-29-2)19(28)17(31-20)12-14-5-7-15(8-6-14)30-21(22)23/h3,5-8,12,21H,1,4,9-11H2,2H3,(H,25,27). The number of nitrogens with one attached hydrogen (secondary N) is 1. The lowest BCUT2D eigenvalue weighted by atomic mass is 10.2. The van der Waals surface area contributed by atoms with Crippen molar-refractivity contribution in [3.8, 4) is 11.8 Å². The van der Waals surface area contributed by atoms with Gasteiger partial charge in [-0.3, -0.25) is 14.2 Å². The van der Waals surface area contributed by atoms with E-state index in [1.807, 2.05) is 6.07 Å². The van der Waals surface area contributed by atoms with E-state index in [0.29, 0.717) is 23.1 Å². The number of amides is 1. The summed E-state index contributed by atoms with van der Waals surface area (Å²) in [4.78, 5) is 25.3. The number of halogens is 2. The smallest absolute Gasteiger partial charge is 0.387 e. The number of hydrogen-bond donors (Lipinski definition) is 1. The second kappa shape index (κ2) is 11.8. The summed E-state index contributed by atoms with van der Waals surface area (Å²) in [7, 11) is 1.54. The minimum Gasteiger partial charge on any atom is -0.435 e. The third kappa shape index (κ3) is 6.60. The summed E-state index contributed by atoms with van der Waals surface area (Å²) < 4.78 is 35.8. The maximum atomic E-state index is 13.0. The molecule has 0 saturated carbocycles. The molecule has 1 aromatic carbocycles. The molecule has 0 unspecified atom stereocenters. The van der Waals surface area contributed by atoms with Crippen LogP contribution in [0.15, 0.2) is 41.7 Å². The van der Waals surface area contributed by atoms with Crippen LogP contribution in [-0.4, -0.2) is 37.3 Å². The zero-order valence-corrected chi connectivity index (χ0v) is 17.6. The molecule has 1 heterocycles. The monoisotopic (exact) mass is 449 g/mol. The number of nitrogens with zero attached hydrogens (tertiary/aromatic N) is 2. The van der Waals surface area contributed by atoms with Crippen molar-refractivity contribution in [2.24, 2.45) is 0 Å². The number of aromatic nitrogens is 1. The molecule has 0 atom stereocenters. The number of methoxy groups -OCH3 is 1. The van der Waals surface area contributed by atoms with Crippen molar-refractivity contribution in [1.29, 1.82) is 5.26 Å². The third-order valence-electron chi connectivity index (χ3n) is 4.00. The van der Waals surface area contributed by atoms with Gasteiger partial charge in [-0.2, -0.15) is 14.0 Å². The number of alkyl halides is 2. The number of rotatable bonds is 10. The molecule has 164 valence electrons. The minimum absolute atomic E-state index is 0.00464. The number of hydrogen-bond acceptors (Lipinski definition) is 6. The van der Waals surface area contributed by atoms with Gasteiger partial charge in [0.15, 0.2) is 5.57 Å². The number of carbonyl (C=O) groups is 1. The predicted molar refractivity (Wildman–Crippen MR) is 113 cm³/mol. The Hall–Kier alpha value is -3.29. The molecule has 10 heteroatoms. The lowest BCUT2D eigenvalue weighted by Gasteiger charge is -2.04. The molecule has 0 radical (unpaired) electrons. The first-order chi connectivity index (χ1) is 14.9. The fraction of sp³-hybridized carbons (Fsp3) is 0.286. The molecule has 2 aromatic rings. The van der Waals surface area contributed by atoms with Crippen LogP contribution >= 0.6 is 11.3 Å². The highest BCUT2D eigenvalue weighted by molar-refractivity contribution is 7.07. The summed E-state index contributed by atoms with van der Waals surface area (Å²) in [6.07, 6.45) is 3.55. The van der Waals surface area contributed by atoms with Crippen LogP contribution in [0, 0.1) is 11.3 Å². The molecular formula is C21H21F2N3O4S. The fourth-order valence-electron chi connectivity index (χ4n) is 2.62. The van der Waals surface area contributed by atoms with Crippen LogP contribution in [-0.2, 0) is 16.1 Å². The molecule has 0 bridgehead atoms. The Bertz CT molecular complexity index is 1130. The first-order valence-corrected chi connectivity index (χ1v) is 10.0. The minimum atomic E-state index is -2.93. The van der Waals surface area contributed by atoms with Gasteiger partial charge in [-0.1, -0.05) is 18.2 Å². The van der Waals surface area contributed by atoms with Gasteiger partial charge >= 0.3 is 6.61 Å². The van der Waals surface area contributed by atoms with Crippen molar-refractivity contribution in [2.45, 2.75) is 19.6 Å². The van der Waals surface area contributed by atoms with Gasteiger partial charge in [0.2, 0.25) is 0 Å². The van der Waals surface area contributed by atoms with Gasteiger partial charge in [0, 0.05) is 26.8 Å². The van der Waals surface area contributed by atoms with Gasteiger partial charge in [-0.05, 0) is 30.2 Å². The van der Waals surface area contributed by atoms with E-state index < -0.39 is 12.5 Å². The summed E-state index contributed by atoms with van der Waals surface area (Å²) in [5, 5.41) is 12.1. The molecule has 1 N–H and O–H groups in total. The third-order valence-corrected chi connectivity index (χ3v) is 5.13. The highest BCUT2D eigenvalue weighted by Gasteiger charge is 2.15. The number of nitriles is 1. The van der Waals surface area contributed by atoms with E-state index >= 15 is 0 Å². The first kappa shape index (κ1) is 24.0. The van der Waals surface area contributed by atoms with Crippen LogP contribution in [0.3, 0.4) is 0 Å². The molecule has 2 rings (SSSR count). The molecule has 1 aromatic heterocycles. The van der Waals surface area contributed by atoms with E-state index in [-0.39, 0.29) is 34.6 Å². The van der Waals surface area contributed by atoms with Crippen molar-refractivity contribution < 1.29 is 23.0 Å². The number of carbonyl (C=O) groups excluding carboxylic acids is 1. The number of benzene rings is 1. The number of thiazole rings is 1. The molecule has 0 saturated heterocycles. The Morgan fingerprint density at radius 2 is 2.10 bits per heavy atom. The predicted octanol–water partition coefficient (Wildman–Crippen LogP) is 1.35. The highest BCUT2D eigenvalue weighted by atomic mass is 32.1. The molecule has 0 aliphatic heterocycles. The summed E-state index contributed by atoms with van der Waals surface area (Å²) in [5.41, 5.74) is 0.0279. The summed E-state index contributed by atoms with van der Waals surface area (Å²) >= 11 is 1.00. The molecule has 7 nitrogen and oxygen atoms in total. The van der Waals surface area contributed by atoms with Crippen LogP contribution in [0.4, 0.5) is 8.78 Å². The van der Waals surface area contributed by atoms with Crippen LogP contribution in [0.2, 0.25) is 0 Å². The van der Waals surface area contributed by atoms with E-state index in [4.69, 9.17) is 4.74 Å². The van der Waals surface area contributed by atoms with E-state index in [9.17, 15) is 23.6 Å².